The third-order valence-corrected chi connectivity index (χ3v) is 8.12. The minimum Gasteiger partial charge on any atom is -0.455 e. The third-order valence-electron chi connectivity index (χ3n) is 7.59. The molecule has 0 atom stereocenters. The van der Waals surface area contributed by atoms with E-state index in [4.69, 9.17) is 9.72 Å². The molecular formula is C38H34BrN7O3. The van der Waals surface area contributed by atoms with Gasteiger partial charge < -0.3 is 26.0 Å². The van der Waals surface area contributed by atoms with Crippen LogP contribution in [-0.4, -0.2) is 33.4 Å². The van der Waals surface area contributed by atoms with Gasteiger partial charge in [0.25, 0.3) is 5.91 Å². The predicted octanol–water partition coefficient (Wildman–Crippen LogP) is 9.06. The molecule has 11 heteroatoms. The number of anilines is 4. The molecule has 49 heavy (non-hydrogen) atoms. The van der Waals surface area contributed by atoms with Crippen molar-refractivity contribution in [3.63, 3.8) is 0 Å². The molecule has 0 saturated heterocycles. The van der Waals surface area contributed by atoms with E-state index in [0.717, 1.165) is 27.5 Å². The number of pyridine rings is 1. The van der Waals surface area contributed by atoms with Crippen molar-refractivity contribution in [2.24, 2.45) is 0 Å². The Bertz CT molecular complexity index is 2070. The Balaban J connectivity index is 1.20. The Morgan fingerprint density at radius 2 is 1.55 bits per heavy atom. The minimum atomic E-state index is -0.292. The summed E-state index contributed by atoms with van der Waals surface area (Å²) in [5.41, 5.74) is 4.84. The van der Waals surface area contributed by atoms with Gasteiger partial charge in [-0.1, -0.05) is 60.1 Å². The number of aromatic nitrogens is 3. The summed E-state index contributed by atoms with van der Waals surface area (Å²) >= 11 is 3.42. The molecule has 0 radical (unpaired) electrons. The Kier molecular flexibility index (Phi) is 10.4. The first-order valence-corrected chi connectivity index (χ1v) is 16.6. The number of nitrogens with one attached hydrogen (secondary N) is 4. The van der Waals surface area contributed by atoms with Gasteiger partial charge in [0.15, 0.2) is 11.4 Å². The van der Waals surface area contributed by atoms with Crippen LogP contribution in [0.5, 0.6) is 11.5 Å². The number of ether oxygens (including phenoxy) is 1. The van der Waals surface area contributed by atoms with Gasteiger partial charge in [0.2, 0.25) is 0 Å². The van der Waals surface area contributed by atoms with E-state index in [0.29, 0.717) is 52.1 Å². The van der Waals surface area contributed by atoms with Crippen molar-refractivity contribution in [3.8, 4) is 11.5 Å². The summed E-state index contributed by atoms with van der Waals surface area (Å²) in [6, 6.07) is 33.1. The minimum absolute atomic E-state index is 0.243. The fourth-order valence-electron chi connectivity index (χ4n) is 4.97. The highest BCUT2D eigenvalue weighted by Gasteiger charge is 2.15. The third kappa shape index (κ3) is 8.76. The number of fused-ring (bicyclic) bond motifs is 1. The van der Waals surface area contributed by atoms with Crippen LogP contribution in [0.15, 0.2) is 120 Å². The number of rotatable bonds is 11. The molecule has 3 amide bonds. The lowest BCUT2D eigenvalue weighted by atomic mass is 10.1. The average molecular weight is 717 g/mol. The van der Waals surface area contributed by atoms with Gasteiger partial charge in [-0.2, -0.15) is 0 Å². The zero-order valence-electron chi connectivity index (χ0n) is 26.9. The molecule has 246 valence electrons. The largest absolute Gasteiger partial charge is 0.455 e. The average Bonchev–Trinajstić information content (AvgIpc) is 3.11. The maximum absolute atomic E-state index is 13.3. The van der Waals surface area contributed by atoms with Gasteiger partial charge in [0.05, 0.1) is 11.1 Å². The summed E-state index contributed by atoms with van der Waals surface area (Å²) in [5, 5.41) is 12.7. The first-order chi connectivity index (χ1) is 23.8. The standard InChI is InChI=1S/C38H34BrN7O3/c1-24(2)32-18-17-31-35(45-32)41-23-42-36(31)46-33-22-26(37(47)43-28-11-9-27(39)10-12-28)8-19-34(33)49-30-15-13-29(14-16-30)44-38(48)40-21-20-25-6-4-3-5-7-25/h3-19,22-24H,20-21H2,1-2H3,(H,43,47)(H2,40,44,48)(H,41,42,45,46). The van der Waals surface area contributed by atoms with E-state index in [1.807, 2.05) is 66.7 Å². The molecule has 0 aliphatic heterocycles. The molecule has 6 rings (SSSR count). The highest BCUT2D eigenvalue weighted by Crippen LogP contribution is 2.35. The molecule has 0 saturated carbocycles. The molecule has 0 aliphatic carbocycles. The predicted molar refractivity (Wildman–Crippen MR) is 197 cm³/mol. The molecule has 6 aromatic rings. The molecule has 2 heterocycles. The van der Waals surface area contributed by atoms with Crippen LogP contribution in [0.25, 0.3) is 11.0 Å². The van der Waals surface area contributed by atoms with Crippen LogP contribution in [0, 0.1) is 0 Å². The highest BCUT2D eigenvalue weighted by atomic mass is 79.9. The van der Waals surface area contributed by atoms with Gasteiger partial charge in [-0.15, -0.1) is 0 Å². The summed E-state index contributed by atoms with van der Waals surface area (Å²) in [7, 11) is 0. The van der Waals surface area contributed by atoms with Gasteiger partial charge in [-0.05, 0) is 96.8 Å². The SMILES string of the molecule is CC(C)c1ccc2c(Nc3cc(C(=O)Nc4ccc(Br)cc4)ccc3Oc3ccc(NC(=O)NCCc4ccccc4)cc3)ncnc2n1. The van der Waals surface area contributed by atoms with Gasteiger partial charge in [-0.3, -0.25) is 4.79 Å². The van der Waals surface area contributed by atoms with E-state index in [2.05, 4.69) is 61.0 Å². The van der Waals surface area contributed by atoms with Crippen molar-refractivity contribution in [1.82, 2.24) is 20.3 Å². The smallest absolute Gasteiger partial charge is 0.319 e. The number of carbonyl (C=O) groups excluding carboxylic acids is 2. The van der Waals surface area contributed by atoms with Crippen molar-refractivity contribution >= 4 is 61.8 Å². The quantitative estimate of drug-likeness (QED) is 0.105. The molecule has 0 unspecified atom stereocenters. The Morgan fingerprint density at radius 1 is 0.816 bits per heavy atom. The summed E-state index contributed by atoms with van der Waals surface area (Å²) in [4.78, 5) is 39.3. The molecule has 0 aliphatic rings. The second kappa shape index (κ2) is 15.4. The summed E-state index contributed by atoms with van der Waals surface area (Å²) in [5.74, 6) is 1.46. The topological polar surface area (TPSA) is 130 Å². The van der Waals surface area contributed by atoms with Crippen LogP contribution in [-0.2, 0) is 6.42 Å². The Hall–Kier alpha value is -5.81. The van der Waals surface area contributed by atoms with Gasteiger partial charge in [0.1, 0.15) is 17.9 Å². The van der Waals surface area contributed by atoms with Crippen LogP contribution >= 0.6 is 15.9 Å². The van der Waals surface area contributed by atoms with E-state index in [1.165, 1.54) is 6.33 Å². The maximum atomic E-state index is 13.3. The van der Waals surface area contributed by atoms with Crippen molar-refractivity contribution in [2.45, 2.75) is 26.2 Å². The summed E-state index contributed by atoms with van der Waals surface area (Å²) in [6.45, 7) is 4.67. The molecule has 0 bridgehead atoms. The second-order valence-corrected chi connectivity index (χ2v) is 12.4. The van der Waals surface area contributed by atoms with Crippen LogP contribution in [0.2, 0.25) is 0 Å². The van der Waals surface area contributed by atoms with Crippen LogP contribution < -0.4 is 26.0 Å². The van der Waals surface area contributed by atoms with E-state index >= 15 is 0 Å². The number of hydrogen-bond acceptors (Lipinski definition) is 7. The number of hydrogen-bond donors (Lipinski definition) is 4. The lowest BCUT2D eigenvalue weighted by Crippen LogP contribution is -2.30. The number of halogens is 1. The molecule has 10 nitrogen and oxygen atoms in total. The highest BCUT2D eigenvalue weighted by molar-refractivity contribution is 9.10. The number of urea groups is 1. The number of benzene rings is 4. The fraction of sp³-hybridized carbons (Fsp3) is 0.132. The Labute approximate surface area is 292 Å². The normalized spacial score (nSPS) is 10.9. The van der Waals surface area contributed by atoms with Gasteiger partial charge in [0, 0.05) is 33.6 Å². The Morgan fingerprint density at radius 3 is 2.31 bits per heavy atom. The van der Waals surface area contributed by atoms with Crippen LogP contribution in [0.4, 0.5) is 27.7 Å². The van der Waals surface area contributed by atoms with Gasteiger partial charge in [-0.25, -0.2) is 19.7 Å². The van der Waals surface area contributed by atoms with Crippen molar-refractivity contribution in [1.29, 1.82) is 0 Å². The van der Waals surface area contributed by atoms with Crippen LogP contribution in [0.3, 0.4) is 0 Å². The summed E-state index contributed by atoms with van der Waals surface area (Å²) in [6.07, 6.45) is 2.19. The van der Waals surface area contributed by atoms with E-state index in [1.54, 1.807) is 42.5 Å². The molecule has 4 aromatic carbocycles. The first kappa shape index (κ1) is 33.1. The van der Waals surface area contributed by atoms with Crippen molar-refractivity contribution in [3.05, 3.63) is 137 Å². The van der Waals surface area contributed by atoms with Crippen LogP contribution in [0.1, 0.15) is 41.4 Å². The first-order valence-electron chi connectivity index (χ1n) is 15.8. The molecule has 0 fully saturated rings. The number of nitrogens with zero attached hydrogens (tertiary/aromatic N) is 3. The number of carbonyl (C=O) groups is 2. The molecule has 2 aromatic heterocycles. The zero-order valence-corrected chi connectivity index (χ0v) is 28.5. The molecule has 4 N–H and O–H groups in total. The lowest BCUT2D eigenvalue weighted by Gasteiger charge is -2.16. The van der Waals surface area contributed by atoms with Crippen molar-refractivity contribution in [2.75, 3.05) is 22.5 Å². The second-order valence-electron chi connectivity index (χ2n) is 11.5. The monoisotopic (exact) mass is 715 g/mol. The van der Waals surface area contributed by atoms with E-state index in [-0.39, 0.29) is 17.9 Å². The molecule has 0 spiro atoms. The fourth-order valence-corrected chi connectivity index (χ4v) is 5.24. The molecular weight excluding hydrogens is 682 g/mol. The van der Waals surface area contributed by atoms with E-state index in [9.17, 15) is 9.59 Å². The van der Waals surface area contributed by atoms with E-state index < -0.39 is 0 Å². The number of amides is 3. The van der Waals surface area contributed by atoms with Crippen molar-refractivity contribution < 1.29 is 14.3 Å². The summed E-state index contributed by atoms with van der Waals surface area (Å²) < 4.78 is 7.21. The zero-order chi connectivity index (χ0) is 34.2. The maximum Gasteiger partial charge on any atom is 0.319 e. The lowest BCUT2D eigenvalue weighted by molar-refractivity contribution is 0.102. The van der Waals surface area contributed by atoms with Gasteiger partial charge >= 0.3 is 6.03 Å².